The molecule has 3 atom stereocenters. The van der Waals surface area contributed by atoms with Crippen molar-refractivity contribution in [3.05, 3.63) is 270 Å². The third kappa shape index (κ3) is 13.0. The van der Waals surface area contributed by atoms with Gasteiger partial charge >= 0.3 is 0 Å². The van der Waals surface area contributed by atoms with E-state index in [-0.39, 0.29) is 18.1 Å². The largest absolute Gasteiger partial charge is 0.457 e. The number of para-hydroxylation sites is 6. The highest BCUT2D eigenvalue weighted by molar-refractivity contribution is 6.05. The number of rotatable bonds is 15. The first kappa shape index (κ1) is 62.0. The first-order valence-corrected chi connectivity index (χ1v) is 31.4. The summed E-state index contributed by atoms with van der Waals surface area (Å²) in [4.78, 5) is 37.3. The summed E-state index contributed by atoms with van der Waals surface area (Å²) < 4.78 is 23.1. The lowest BCUT2D eigenvalue weighted by molar-refractivity contribution is 0.0993. The van der Waals surface area contributed by atoms with Gasteiger partial charge in [-0.3, -0.25) is 14.4 Å². The van der Waals surface area contributed by atoms with Gasteiger partial charge in [0.05, 0.1) is 18.1 Å². The van der Waals surface area contributed by atoms with Crippen LogP contribution >= 0.6 is 0 Å². The number of nitrogens with one attached hydrogen (secondary N) is 3. The molecule has 21 nitrogen and oxygen atoms in total. The van der Waals surface area contributed by atoms with Crippen LogP contribution in [0.15, 0.2) is 237 Å². The van der Waals surface area contributed by atoms with Crippen molar-refractivity contribution in [2.75, 3.05) is 52.8 Å². The van der Waals surface area contributed by atoms with Gasteiger partial charge in [-0.2, -0.15) is 15.3 Å². The Labute approximate surface area is 553 Å². The lowest BCUT2D eigenvalue weighted by Crippen LogP contribution is -2.26. The van der Waals surface area contributed by atoms with Gasteiger partial charge in [0.1, 0.15) is 85.7 Å². The van der Waals surface area contributed by atoms with Gasteiger partial charge in [-0.05, 0) is 163 Å². The molecule has 0 radical (unpaired) electrons. The molecule has 21 heteroatoms. The molecule has 3 unspecified atom stereocenters. The Bertz CT molecular complexity index is 4270. The summed E-state index contributed by atoms with van der Waals surface area (Å²) in [5, 5.41) is 24.3. The Morgan fingerprint density at radius 3 is 0.792 bits per heavy atom. The second kappa shape index (κ2) is 27.6. The third-order valence-electron chi connectivity index (χ3n) is 16.9. The average molecular weight is 1280 g/mol. The third-order valence-corrected chi connectivity index (χ3v) is 16.9. The summed E-state index contributed by atoms with van der Waals surface area (Å²) in [6.45, 7) is 2.07. The maximum Gasteiger partial charge on any atom is 0.254 e. The second-order valence-corrected chi connectivity index (χ2v) is 23.0. The molecule has 96 heavy (non-hydrogen) atoms. The quantitative estimate of drug-likeness (QED) is 0.0431. The lowest BCUT2D eigenvalue weighted by atomic mass is 10.00. The highest BCUT2D eigenvalue weighted by Gasteiger charge is 2.35. The Morgan fingerprint density at radius 2 is 0.552 bits per heavy atom. The molecule has 15 rings (SSSR count). The second-order valence-electron chi connectivity index (χ2n) is 23.0. The Hall–Kier alpha value is -12.8. The number of benzene rings is 9. The molecule has 9 aromatic carbocycles. The van der Waals surface area contributed by atoms with E-state index in [1.54, 1.807) is 0 Å². The number of fused-ring (bicyclic) bond motifs is 3. The molecule has 0 saturated heterocycles. The van der Waals surface area contributed by atoms with E-state index in [2.05, 4.69) is 16.0 Å². The molecular formula is C75H69N15O6. The topological polar surface area (TPSA) is 325 Å². The molecule has 0 saturated carbocycles. The number of hydrogen-bond acceptors (Lipinski definition) is 15. The number of primary amides is 3. The fraction of sp³-hybridized carbons (Fsp3) is 0.120. The van der Waals surface area contributed by atoms with Gasteiger partial charge in [-0.1, -0.05) is 109 Å². The van der Waals surface area contributed by atoms with Gasteiger partial charge in [0.2, 0.25) is 0 Å². The zero-order valence-corrected chi connectivity index (χ0v) is 52.1. The molecule has 0 fully saturated rings. The first-order chi connectivity index (χ1) is 46.8. The van der Waals surface area contributed by atoms with Crippen molar-refractivity contribution in [3.8, 4) is 68.3 Å². The van der Waals surface area contributed by atoms with Crippen molar-refractivity contribution in [1.29, 1.82) is 0 Å². The first-order valence-electron chi connectivity index (χ1n) is 31.4. The molecule has 3 aliphatic heterocycles. The normalized spacial score (nSPS) is 14.9. The van der Waals surface area contributed by atoms with Crippen LogP contribution in [0.3, 0.4) is 0 Å². The summed E-state index contributed by atoms with van der Waals surface area (Å²) in [6.07, 6.45) is 2.39. The summed E-state index contributed by atoms with van der Waals surface area (Å²) in [6, 6.07) is 74.0. The molecule has 6 heterocycles. The van der Waals surface area contributed by atoms with E-state index in [9.17, 15) is 14.4 Å². The minimum Gasteiger partial charge on any atom is -0.457 e. The van der Waals surface area contributed by atoms with Crippen molar-refractivity contribution in [3.63, 3.8) is 0 Å². The number of carbonyl (C=O) groups excluding carboxylic acids is 3. The van der Waals surface area contributed by atoms with Crippen LogP contribution in [0.1, 0.15) is 85.2 Å². The number of amides is 3. The van der Waals surface area contributed by atoms with Gasteiger partial charge in [0, 0.05) is 53.4 Å². The smallest absolute Gasteiger partial charge is 0.254 e. The number of nitrogens with zero attached hydrogens (tertiary/aromatic N) is 6. The van der Waals surface area contributed by atoms with Crippen molar-refractivity contribution < 1.29 is 28.6 Å². The van der Waals surface area contributed by atoms with E-state index in [1.165, 1.54) is 0 Å². The van der Waals surface area contributed by atoms with Crippen LogP contribution in [0.4, 0.5) is 34.5 Å². The summed E-state index contributed by atoms with van der Waals surface area (Å²) in [7, 11) is 0. The average Bonchev–Trinajstić information content (AvgIpc) is 1.63. The standard InChI is InChI=1S/3C25H23N5O2/c3*26-20-9-5-4-8-19(20)21-14-15-28-25-22(24(27)31)23(29-30(21)25)16-10-12-18(13-11-16)32-17-6-2-1-3-7-17/h3*1-13,21,28H,14-15,26H2,(H2,27,31). The molecule has 12 aromatic rings. The van der Waals surface area contributed by atoms with E-state index in [0.29, 0.717) is 105 Å². The molecule has 15 N–H and O–H groups in total. The highest BCUT2D eigenvalue weighted by atomic mass is 16.5. The Kier molecular flexibility index (Phi) is 17.8. The van der Waals surface area contributed by atoms with Crippen LogP contribution in [0.25, 0.3) is 33.8 Å². The number of nitrogens with two attached hydrogens (primary N) is 6. The van der Waals surface area contributed by atoms with Gasteiger partial charge in [-0.15, -0.1) is 0 Å². The van der Waals surface area contributed by atoms with E-state index in [0.717, 1.165) is 69.9 Å². The molecule has 480 valence electrons. The van der Waals surface area contributed by atoms with E-state index >= 15 is 0 Å². The summed E-state index contributed by atoms with van der Waals surface area (Å²) >= 11 is 0. The van der Waals surface area contributed by atoms with Gasteiger partial charge in [-0.25, -0.2) is 14.0 Å². The van der Waals surface area contributed by atoms with Gasteiger partial charge in [0.25, 0.3) is 17.7 Å². The number of anilines is 6. The summed E-state index contributed by atoms with van der Waals surface area (Å²) in [5.41, 5.74) is 46.2. The Morgan fingerprint density at radius 1 is 0.323 bits per heavy atom. The van der Waals surface area contributed by atoms with Crippen molar-refractivity contribution in [2.24, 2.45) is 17.2 Å². The lowest BCUT2D eigenvalue weighted by Gasteiger charge is -2.27. The van der Waals surface area contributed by atoms with Crippen LogP contribution in [-0.2, 0) is 0 Å². The van der Waals surface area contributed by atoms with Crippen LogP contribution < -0.4 is 64.6 Å². The number of hydrogen-bond donors (Lipinski definition) is 9. The SMILES string of the molecule is NC(=O)c1c(-c2ccc(Oc3ccccc3)cc2)nn2c1NCCC2c1ccccc1N.NC(=O)c1c(-c2ccc(Oc3ccccc3)cc2)nn2c1NCCC2c1ccccc1N.NC(=O)c1c(-c2ccc(Oc3ccccc3)cc2)nn2c1NCCC2c1ccccc1N. The minimum absolute atomic E-state index is 0.0833. The van der Waals surface area contributed by atoms with Crippen molar-refractivity contribution >= 4 is 52.2 Å². The maximum absolute atomic E-state index is 12.4. The Balaban J connectivity index is 0.000000130. The zero-order chi connectivity index (χ0) is 66.2. The van der Waals surface area contributed by atoms with Crippen LogP contribution in [-0.4, -0.2) is 66.7 Å². The number of ether oxygens (including phenoxy) is 3. The predicted octanol–water partition coefficient (Wildman–Crippen LogP) is 13.3. The molecule has 0 aliphatic carbocycles. The molecule has 3 amide bonds. The van der Waals surface area contributed by atoms with E-state index in [1.807, 2.05) is 251 Å². The zero-order valence-electron chi connectivity index (χ0n) is 52.1. The molecule has 3 aliphatic rings. The van der Waals surface area contributed by atoms with Crippen molar-refractivity contribution in [1.82, 2.24) is 29.3 Å². The number of aromatic nitrogens is 6. The number of nitrogen functional groups attached to an aromatic ring is 3. The monoisotopic (exact) mass is 1280 g/mol. The maximum atomic E-state index is 12.4. The van der Waals surface area contributed by atoms with E-state index in [4.69, 9.17) is 63.9 Å². The van der Waals surface area contributed by atoms with Crippen LogP contribution in [0.5, 0.6) is 34.5 Å². The predicted molar refractivity (Wildman–Crippen MR) is 374 cm³/mol. The fourth-order valence-electron chi connectivity index (χ4n) is 12.4. The summed E-state index contributed by atoms with van der Waals surface area (Å²) in [5.74, 6) is 4.62. The van der Waals surface area contributed by atoms with E-state index < -0.39 is 17.7 Å². The molecule has 0 bridgehead atoms. The van der Waals surface area contributed by atoms with Gasteiger partial charge < -0.3 is 64.6 Å². The van der Waals surface area contributed by atoms with Crippen LogP contribution in [0.2, 0.25) is 0 Å². The molecular weight excluding hydrogens is 1210 g/mol. The van der Waals surface area contributed by atoms with Crippen molar-refractivity contribution in [2.45, 2.75) is 37.4 Å². The minimum atomic E-state index is -0.528. The molecule has 0 spiro atoms. The van der Waals surface area contributed by atoms with Gasteiger partial charge in [0.15, 0.2) is 0 Å². The molecule has 3 aromatic heterocycles. The van der Waals surface area contributed by atoms with Crippen LogP contribution in [0, 0.1) is 0 Å². The number of carbonyl (C=O) groups is 3. The fourth-order valence-corrected chi connectivity index (χ4v) is 12.4. The highest BCUT2D eigenvalue weighted by Crippen LogP contribution is 2.43.